The van der Waals surface area contributed by atoms with Crippen LogP contribution in [0.1, 0.15) is 5.56 Å². The lowest BCUT2D eigenvalue weighted by molar-refractivity contribution is -0.115. The van der Waals surface area contributed by atoms with Crippen molar-refractivity contribution in [1.82, 2.24) is 5.32 Å². The van der Waals surface area contributed by atoms with Gasteiger partial charge in [0.1, 0.15) is 5.82 Å². The Labute approximate surface area is 94.4 Å². The molecular formula is C12H15FN2O. The van der Waals surface area contributed by atoms with Gasteiger partial charge in [-0.3, -0.25) is 4.79 Å². The number of carbonyl (C=O) groups excluding carboxylic acids is 1. The van der Waals surface area contributed by atoms with Gasteiger partial charge in [0.2, 0.25) is 5.91 Å². The molecule has 0 aromatic heterocycles. The van der Waals surface area contributed by atoms with Gasteiger partial charge in [0, 0.05) is 12.2 Å². The van der Waals surface area contributed by atoms with Crippen molar-refractivity contribution >= 4 is 11.6 Å². The quantitative estimate of drug-likeness (QED) is 0.589. The van der Waals surface area contributed by atoms with E-state index in [0.29, 0.717) is 17.8 Å². The van der Waals surface area contributed by atoms with Gasteiger partial charge in [0.25, 0.3) is 0 Å². The number of carbonyl (C=O) groups is 1. The van der Waals surface area contributed by atoms with E-state index in [9.17, 15) is 9.18 Å². The maximum absolute atomic E-state index is 12.8. The highest BCUT2D eigenvalue weighted by molar-refractivity contribution is 5.92. The Kier molecular flexibility index (Phi) is 4.66. The Balaban J connectivity index is 2.52. The van der Waals surface area contributed by atoms with Crippen molar-refractivity contribution in [2.24, 2.45) is 0 Å². The van der Waals surface area contributed by atoms with E-state index >= 15 is 0 Å². The van der Waals surface area contributed by atoms with Crippen LogP contribution in [0.15, 0.2) is 30.9 Å². The highest BCUT2D eigenvalue weighted by Crippen LogP contribution is 2.15. The predicted molar refractivity (Wildman–Crippen MR) is 62.8 cm³/mol. The zero-order valence-electron chi connectivity index (χ0n) is 9.22. The first-order valence-corrected chi connectivity index (χ1v) is 5.01. The molecule has 86 valence electrons. The molecular weight excluding hydrogens is 207 g/mol. The summed E-state index contributed by atoms with van der Waals surface area (Å²) in [5.41, 5.74) is 1.34. The number of aryl methyl sites for hydroxylation is 1. The molecule has 0 aliphatic rings. The van der Waals surface area contributed by atoms with Crippen molar-refractivity contribution in [2.75, 3.05) is 18.4 Å². The van der Waals surface area contributed by atoms with Gasteiger partial charge in [-0.1, -0.05) is 6.08 Å². The molecule has 4 heteroatoms. The Morgan fingerprint density at radius 3 is 2.94 bits per heavy atom. The monoisotopic (exact) mass is 222 g/mol. The van der Waals surface area contributed by atoms with Gasteiger partial charge in [-0.25, -0.2) is 4.39 Å². The summed E-state index contributed by atoms with van der Waals surface area (Å²) in [5.74, 6) is -0.461. The van der Waals surface area contributed by atoms with Crippen LogP contribution in [-0.4, -0.2) is 19.0 Å². The van der Waals surface area contributed by atoms with Crippen LogP contribution < -0.4 is 10.6 Å². The van der Waals surface area contributed by atoms with Gasteiger partial charge in [-0.2, -0.15) is 0 Å². The van der Waals surface area contributed by atoms with Gasteiger partial charge >= 0.3 is 0 Å². The summed E-state index contributed by atoms with van der Waals surface area (Å²) in [6.07, 6.45) is 1.68. The van der Waals surface area contributed by atoms with Crippen molar-refractivity contribution in [3.8, 4) is 0 Å². The third-order valence-corrected chi connectivity index (χ3v) is 2.04. The van der Waals surface area contributed by atoms with E-state index in [1.807, 2.05) is 0 Å². The Bertz CT molecular complexity index is 391. The summed E-state index contributed by atoms with van der Waals surface area (Å²) < 4.78 is 12.8. The molecule has 1 aromatic rings. The largest absolute Gasteiger partial charge is 0.325 e. The molecule has 0 unspecified atom stereocenters. The topological polar surface area (TPSA) is 41.1 Å². The van der Waals surface area contributed by atoms with E-state index in [2.05, 4.69) is 17.2 Å². The number of hydrogen-bond acceptors (Lipinski definition) is 2. The van der Waals surface area contributed by atoms with Crippen molar-refractivity contribution < 1.29 is 9.18 Å². The first-order chi connectivity index (χ1) is 7.63. The molecule has 3 nitrogen and oxygen atoms in total. The first kappa shape index (κ1) is 12.4. The highest BCUT2D eigenvalue weighted by atomic mass is 19.1. The highest BCUT2D eigenvalue weighted by Gasteiger charge is 2.04. The predicted octanol–water partition coefficient (Wildman–Crippen LogP) is 1.85. The van der Waals surface area contributed by atoms with Gasteiger partial charge < -0.3 is 10.6 Å². The third kappa shape index (κ3) is 3.82. The average molecular weight is 222 g/mol. The number of benzene rings is 1. The van der Waals surface area contributed by atoms with Crippen LogP contribution in [0, 0.1) is 12.7 Å². The Morgan fingerprint density at radius 2 is 2.31 bits per heavy atom. The van der Waals surface area contributed by atoms with E-state index in [1.165, 1.54) is 12.1 Å². The van der Waals surface area contributed by atoms with E-state index in [0.717, 1.165) is 0 Å². The molecule has 16 heavy (non-hydrogen) atoms. The lowest BCUT2D eigenvalue weighted by atomic mass is 10.2. The molecule has 1 rings (SSSR count). The summed E-state index contributed by atoms with van der Waals surface area (Å²) in [6, 6.07) is 4.25. The first-order valence-electron chi connectivity index (χ1n) is 5.01. The minimum atomic E-state index is -0.305. The summed E-state index contributed by atoms with van der Waals surface area (Å²) in [4.78, 5) is 11.4. The van der Waals surface area contributed by atoms with Gasteiger partial charge in [-0.15, -0.1) is 6.58 Å². The lowest BCUT2D eigenvalue weighted by Crippen LogP contribution is -2.28. The molecule has 0 fully saturated rings. The fourth-order valence-corrected chi connectivity index (χ4v) is 1.25. The molecule has 0 radical (unpaired) electrons. The second-order valence-corrected chi connectivity index (χ2v) is 3.43. The number of anilines is 1. The molecule has 1 aromatic carbocycles. The number of hydrogen-bond donors (Lipinski definition) is 2. The van der Waals surface area contributed by atoms with Crippen LogP contribution in [0.5, 0.6) is 0 Å². The number of amides is 1. The van der Waals surface area contributed by atoms with E-state index in [-0.39, 0.29) is 18.3 Å². The third-order valence-electron chi connectivity index (χ3n) is 2.04. The van der Waals surface area contributed by atoms with Crippen molar-refractivity contribution in [3.63, 3.8) is 0 Å². The molecule has 0 saturated heterocycles. The van der Waals surface area contributed by atoms with Crippen LogP contribution in [0.4, 0.5) is 10.1 Å². The molecule has 0 spiro atoms. The van der Waals surface area contributed by atoms with E-state index in [4.69, 9.17) is 0 Å². The second-order valence-electron chi connectivity index (χ2n) is 3.43. The smallest absolute Gasteiger partial charge is 0.238 e. The fraction of sp³-hybridized carbons (Fsp3) is 0.250. The molecule has 0 aliphatic carbocycles. The minimum Gasteiger partial charge on any atom is -0.325 e. The SMILES string of the molecule is C=CCNCC(=O)Nc1ccc(F)cc1C. The average Bonchev–Trinajstić information content (AvgIpc) is 2.23. The maximum Gasteiger partial charge on any atom is 0.238 e. The lowest BCUT2D eigenvalue weighted by Gasteiger charge is -2.08. The molecule has 0 saturated carbocycles. The fourth-order valence-electron chi connectivity index (χ4n) is 1.25. The van der Waals surface area contributed by atoms with Gasteiger partial charge in [0.05, 0.1) is 6.54 Å². The zero-order chi connectivity index (χ0) is 12.0. The minimum absolute atomic E-state index is 0.156. The van der Waals surface area contributed by atoms with Crippen molar-refractivity contribution in [3.05, 3.63) is 42.2 Å². The Morgan fingerprint density at radius 1 is 1.56 bits per heavy atom. The van der Waals surface area contributed by atoms with E-state index in [1.54, 1.807) is 19.1 Å². The molecule has 0 heterocycles. The van der Waals surface area contributed by atoms with Crippen molar-refractivity contribution in [2.45, 2.75) is 6.92 Å². The molecule has 0 aliphatic heterocycles. The van der Waals surface area contributed by atoms with Crippen molar-refractivity contribution in [1.29, 1.82) is 0 Å². The molecule has 0 bridgehead atoms. The number of halogens is 1. The van der Waals surface area contributed by atoms with Crippen LogP contribution in [-0.2, 0) is 4.79 Å². The maximum atomic E-state index is 12.8. The van der Waals surface area contributed by atoms with Crippen LogP contribution in [0.2, 0.25) is 0 Å². The second kappa shape index (κ2) is 6.02. The number of nitrogens with one attached hydrogen (secondary N) is 2. The Hall–Kier alpha value is -1.68. The van der Waals surface area contributed by atoms with Crippen LogP contribution in [0.25, 0.3) is 0 Å². The normalized spacial score (nSPS) is 9.88. The molecule has 0 atom stereocenters. The van der Waals surface area contributed by atoms with Crippen LogP contribution in [0.3, 0.4) is 0 Å². The van der Waals surface area contributed by atoms with Gasteiger partial charge in [0.15, 0.2) is 0 Å². The zero-order valence-corrected chi connectivity index (χ0v) is 9.22. The summed E-state index contributed by atoms with van der Waals surface area (Å²) >= 11 is 0. The van der Waals surface area contributed by atoms with E-state index < -0.39 is 0 Å². The summed E-state index contributed by atoms with van der Waals surface area (Å²) in [6.45, 7) is 6.07. The summed E-state index contributed by atoms with van der Waals surface area (Å²) in [5, 5.41) is 5.58. The molecule has 2 N–H and O–H groups in total. The summed E-state index contributed by atoms with van der Waals surface area (Å²) in [7, 11) is 0. The molecule has 1 amide bonds. The van der Waals surface area contributed by atoms with Gasteiger partial charge in [-0.05, 0) is 30.7 Å². The number of rotatable bonds is 5. The standard InChI is InChI=1S/C12H15FN2O/c1-3-6-14-8-12(16)15-11-5-4-10(13)7-9(11)2/h3-5,7,14H,1,6,8H2,2H3,(H,15,16). The van der Waals surface area contributed by atoms with Crippen LogP contribution >= 0.6 is 0 Å².